The molecule has 0 N–H and O–H groups in total. The summed E-state index contributed by atoms with van der Waals surface area (Å²) in [5, 5.41) is 2.10. The summed E-state index contributed by atoms with van der Waals surface area (Å²) in [4.78, 5) is 12.5. The smallest absolute Gasteiger partial charge is 0.195 e. The molecule has 1 aromatic heterocycles. The molecule has 2 nitrogen and oxygen atoms in total. The number of hydrogen-bond acceptors (Lipinski definition) is 1. The van der Waals surface area contributed by atoms with Gasteiger partial charge in [-0.2, -0.15) is 0 Å². The van der Waals surface area contributed by atoms with Crippen LogP contribution < -0.4 is 0 Å². The molecule has 0 aliphatic rings. The van der Waals surface area contributed by atoms with E-state index in [1.165, 1.54) is 0 Å². The first kappa shape index (κ1) is 10.8. The molecule has 0 unspecified atom stereocenters. The number of aromatic nitrogens is 1. The Bertz CT molecular complexity index is 719. The molecule has 0 atom stereocenters. The van der Waals surface area contributed by atoms with E-state index >= 15 is 0 Å². The van der Waals surface area contributed by atoms with Gasteiger partial charge in [-0.05, 0) is 16.8 Å². The van der Waals surface area contributed by atoms with Crippen LogP contribution in [0, 0.1) is 0 Å². The second-order valence-corrected chi connectivity index (χ2v) is 4.42. The SMILES string of the molecule is Cn1ccc(C(=O)c2cccc3ccccc23)c1. The van der Waals surface area contributed by atoms with Gasteiger partial charge in [0.05, 0.1) is 0 Å². The fraction of sp³-hybridized carbons (Fsp3) is 0.0625. The molecule has 1 heterocycles. The van der Waals surface area contributed by atoms with Gasteiger partial charge < -0.3 is 4.57 Å². The minimum Gasteiger partial charge on any atom is -0.357 e. The zero-order valence-electron chi connectivity index (χ0n) is 10.1. The van der Waals surface area contributed by atoms with Crippen LogP contribution in [-0.4, -0.2) is 10.4 Å². The summed E-state index contributed by atoms with van der Waals surface area (Å²) < 4.78 is 1.89. The van der Waals surface area contributed by atoms with Gasteiger partial charge in [0.15, 0.2) is 5.78 Å². The minimum absolute atomic E-state index is 0.0763. The second kappa shape index (κ2) is 4.15. The molecule has 0 fully saturated rings. The highest BCUT2D eigenvalue weighted by atomic mass is 16.1. The standard InChI is InChI=1S/C16H13NO/c1-17-10-9-13(11-17)16(18)15-8-4-6-12-5-2-3-7-14(12)15/h2-11H,1H3. The molecule has 0 amide bonds. The maximum absolute atomic E-state index is 12.5. The Hall–Kier alpha value is -2.35. The van der Waals surface area contributed by atoms with Gasteiger partial charge in [0, 0.05) is 30.6 Å². The van der Waals surface area contributed by atoms with Crippen molar-refractivity contribution in [3.05, 3.63) is 72.1 Å². The van der Waals surface area contributed by atoms with E-state index in [1.807, 2.05) is 72.5 Å². The normalized spacial score (nSPS) is 10.7. The maximum atomic E-state index is 12.5. The van der Waals surface area contributed by atoms with Gasteiger partial charge >= 0.3 is 0 Å². The van der Waals surface area contributed by atoms with Crippen LogP contribution in [0.15, 0.2) is 60.9 Å². The summed E-state index contributed by atoms with van der Waals surface area (Å²) in [7, 11) is 1.92. The van der Waals surface area contributed by atoms with E-state index in [9.17, 15) is 4.79 Å². The lowest BCUT2D eigenvalue weighted by atomic mass is 9.99. The molecule has 0 aliphatic carbocycles. The minimum atomic E-state index is 0.0763. The second-order valence-electron chi connectivity index (χ2n) is 4.42. The lowest BCUT2D eigenvalue weighted by molar-refractivity contribution is 0.104. The number of benzene rings is 2. The Morgan fingerprint density at radius 1 is 1.00 bits per heavy atom. The predicted molar refractivity (Wildman–Crippen MR) is 72.8 cm³/mol. The number of rotatable bonds is 2. The number of carbonyl (C=O) groups excluding carboxylic acids is 1. The van der Waals surface area contributed by atoms with Gasteiger partial charge in [0.1, 0.15) is 0 Å². The van der Waals surface area contributed by atoms with E-state index in [0.717, 1.165) is 21.9 Å². The molecule has 0 saturated heterocycles. The van der Waals surface area contributed by atoms with Gasteiger partial charge in [-0.15, -0.1) is 0 Å². The molecule has 0 spiro atoms. The number of nitrogens with zero attached hydrogens (tertiary/aromatic N) is 1. The Balaban J connectivity index is 2.17. The van der Waals surface area contributed by atoms with Gasteiger partial charge in [-0.3, -0.25) is 4.79 Å². The Labute approximate surface area is 105 Å². The molecular formula is C16H13NO. The van der Waals surface area contributed by atoms with Crippen LogP contribution in [0.4, 0.5) is 0 Å². The molecule has 0 bridgehead atoms. The zero-order valence-corrected chi connectivity index (χ0v) is 10.1. The summed E-state index contributed by atoms with van der Waals surface area (Å²) in [6.45, 7) is 0. The number of fused-ring (bicyclic) bond motifs is 1. The van der Waals surface area contributed by atoms with E-state index < -0.39 is 0 Å². The Morgan fingerprint density at radius 2 is 1.78 bits per heavy atom. The van der Waals surface area contributed by atoms with Gasteiger partial charge in [0.2, 0.25) is 0 Å². The summed E-state index contributed by atoms with van der Waals surface area (Å²) in [5.41, 5.74) is 1.49. The Morgan fingerprint density at radius 3 is 2.56 bits per heavy atom. The maximum Gasteiger partial charge on any atom is 0.195 e. The average molecular weight is 235 g/mol. The van der Waals surface area contributed by atoms with E-state index in [0.29, 0.717) is 0 Å². The van der Waals surface area contributed by atoms with Crippen LogP contribution >= 0.6 is 0 Å². The molecule has 3 rings (SSSR count). The summed E-state index contributed by atoms with van der Waals surface area (Å²) in [5.74, 6) is 0.0763. The van der Waals surface area contributed by atoms with Crippen molar-refractivity contribution in [3.8, 4) is 0 Å². The topological polar surface area (TPSA) is 22.0 Å². The first-order valence-corrected chi connectivity index (χ1v) is 5.90. The first-order valence-electron chi connectivity index (χ1n) is 5.90. The molecular weight excluding hydrogens is 222 g/mol. The quantitative estimate of drug-likeness (QED) is 0.624. The average Bonchev–Trinajstić information content (AvgIpc) is 2.84. The summed E-state index contributed by atoms with van der Waals surface area (Å²) >= 11 is 0. The van der Waals surface area contributed by atoms with Crippen molar-refractivity contribution in [2.75, 3.05) is 0 Å². The monoisotopic (exact) mass is 235 g/mol. The Kier molecular flexibility index (Phi) is 2.49. The number of hydrogen-bond donors (Lipinski definition) is 0. The highest BCUT2D eigenvalue weighted by Gasteiger charge is 2.12. The molecule has 18 heavy (non-hydrogen) atoms. The van der Waals surface area contributed by atoms with Crippen LogP contribution in [0.3, 0.4) is 0 Å². The molecule has 88 valence electrons. The van der Waals surface area contributed by atoms with E-state index in [2.05, 4.69) is 0 Å². The van der Waals surface area contributed by atoms with Crippen molar-refractivity contribution in [1.29, 1.82) is 0 Å². The highest BCUT2D eigenvalue weighted by Crippen LogP contribution is 2.21. The van der Waals surface area contributed by atoms with Crippen molar-refractivity contribution in [2.45, 2.75) is 0 Å². The molecule has 2 heteroatoms. The number of ketones is 1. The van der Waals surface area contributed by atoms with Gasteiger partial charge in [-0.25, -0.2) is 0 Å². The van der Waals surface area contributed by atoms with Crippen LogP contribution in [0.5, 0.6) is 0 Å². The van der Waals surface area contributed by atoms with Gasteiger partial charge in [0.25, 0.3) is 0 Å². The van der Waals surface area contributed by atoms with Crippen LogP contribution in [-0.2, 0) is 7.05 Å². The predicted octanol–water partition coefficient (Wildman–Crippen LogP) is 3.41. The fourth-order valence-electron chi connectivity index (χ4n) is 2.22. The molecule has 0 aliphatic heterocycles. The van der Waals surface area contributed by atoms with E-state index in [4.69, 9.17) is 0 Å². The number of carbonyl (C=O) groups is 1. The largest absolute Gasteiger partial charge is 0.357 e. The zero-order chi connectivity index (χ0) is 12.5. The third kappa shape index (κ3) is 1.72. The van der Waals surface area contributed by atoms with Gasteiger partial charge in [-0.1, -0.05) is 42.5 Å². The molecule has 3 aromatic rings. The molecule has 0 radical (unpaired) electrons. The van der Waals surface area contributed by atoms with E-state index in [-0.39, 0.29) is 5.78 Å². The summed E-state index contributed by atoms with van der Waals surface area (Å²) in [6, 6.07) is 15.7. The van der Waals surface area contributed by atoms with Crippen LogP contribution in [0.2, 0.25) is 0 Å². The lowest BCUT2D eigenvalue weighted by Crippen LogP contribution is -2.00. The highest BCUT2D eigenvalue weighted by molar-refractivity contribution is 6.16. The third-order valence-electron chi connectivity index (χ3n) is 3.13. The van der Waals surface area contributed by atoms with Crippen molar-refractivity contribution in [3.63, 3.8) is 0 Å². The van der Waals surface area contributed by atoms with Crippen LogP contribution in [0.25, 0.3) is 10.8 Å². The van der Waals surface area contributed by atoms with E-state index in [1.54, 1.807) is 0 Å². The molecule has 2 aromatic carbocycles. The first-order chi connectivity index (χ1) is 8.75. The fourth-order valence-corrected chi connectivity index (χ4v) is 2.22. The van der Waals surface area contributed by atoms with Crippen molar-refractivity contribution >= 4 is 16.6 Å². The van der Waals surface area contributed by atoms with Crippen molar-refractivity contribution in [2.24, 2.45) is 7.05 Å². The van der Waals surface area contributed by atoms with Crippen LogP contribution in [0.1, 0.15) is 15.9 Å². The number of aryl methyl sites for hydroxylation is 1. The summed E-state index contributed by atoms with van der Waals surface area (Å²) in [6.07, 6.45) is 3.74. The lowest BCUT2D eigenvalue weighted by Gasteiger charge is -2.04. The third-order valence-corrected chi connectivity index (χ3v) is 3.13. The molecule has 0 saturated carbocycles. The van der Waals surface area contributed by atoms with Crippen molar-refractivity contribution in [1.82, 2.24) is 4.57 Å². The van der Waals surface area contributed by atoms with Crippen molar-refractivity contribution < 1.29 is 4.79 Å².